The summed E-state index contributed by atoms with van der Waals surface area (Å²) in [6.45, 7) is 17.1. The zero-order chi connectivity index (χ0) is 35.6. The van der Waals surface area contributed by atoms with Gasteiger partial charge in [-0.3, -0.25) is 4.52 Å². The molecule has 3 N–H and O–H groups in total. The number of hydrogen-bond acceptors (Lipinski definition) is 8. The van der Waals surface area contributed by atoms with Gasteiger partial charge in [-0.25, -0.2) is 4.57 Å². The topological polar surface area (TPSA) is 133 Å². The summed E-state index contributed by atoms with van der Waals surface area (Å²) in [5, 5.41) is 9.09. The van der Waals surface area contributed by atoms with Gasteiger partial charge in [0.05, 0.1) is 46.2 Å². The third-order valence-electron chi connectivity index (χ3n) is 9.46. The van der Waals surface area contributed by atoms with Crippen molar-refractivity contribution >= 4 is 7.82 Å². The zero-order valence-electron chi connectivity index (χ0n) is 31.0. The summed E-state index contributed by atoms with van der Waals surface area (Å²) in [6.07, 6.45) is 14.1. The number of aliphatic hydroxyl groups excluding tert-OH is 1. The molecule has 0 bridgehead atoms. The average molecular weight is 703 g/mol. The number of benzene rings is 1. The van der Waals surface area contributed by atoms with Crippen LogP contribution in [0.2, 0.25) is 0 Å². The Balaban J connectivity index is 1.64. The summed E-state index contributed by atoms with van der Waals surface area (Å²) < 4.78 is 44.6. The summed E-state index contributed by atoms with van der Waals surface area (Å²) >= 11 is 0. The van der Waals surface area contributed by atoms with Gasteiger partial charge in [0.2, 0.25) is 0 Å². The molecule has 0 radical (unpaired) electrons. The van der Waals surface area contributed by atoms with Crippen molar-refractivity contribution in [1.29, 1.82) is 0 Å². The normalized spacial score (nSPS) is 17.7. The minimum atomic E-state index is -4.67. The van der Waals surface area contributed by atoms with Crippen molar-refractivity contribution in [1.82, 2.24) is 0 Å². The maximum Gasteiger partial charge on any atom is 0.470 e. The minimum absolute atomic E-state index is 0.117. The molecule has 0 spiro atoms. The second-order valence-corrected chi connectivity index (χ2v) is 15.5. The molecule has 0 aromatic heterocycles. The number of unbranched alkanes of at least 4 members (excludes halogenated alkanes) is 4. The van der Waals surface area contributed by atoms with Crippen LogP contribution in [0.25, 0.3) is 0 Å². The van der Waals surface area contributed by atoms with Crippen LogP contribution in [0.4, 0.5) is 0 Å². The lowest BCUT2D eigenvalue weighted by Crippen LogP contribution is -2.37. The van der Waals surface area contributed by atoms with Gasteiger partial charge in [0.25, 0.3) is 0 Å². The van der Waals surface area contributed by atoms with E-state index in [0.29, 0.717) is 26.4 Å². The average Bonchev–Trinajstić information content (AvgIpc) is 3.02. The van der Waals surface area contributed by atoms with E-state index in [0.717, 1.165) is 59.3 Å². The van der Waals surface area contributed by atoms with E-state index in [2.05, 4.69) is 53.0 Å². The largest absolute Gasteiger partial charge is 0.491 e. The van der Waals surface area contributed by atoms with Crippen LogP contribution in [-0.2, 0) is 29.7 Å². The highest BCUT2D eigenvalue weighted by atomic mass is 31.2. The molecule has 1 aromatic carbocycles. The number of phosphoric acid groups is 1. The van der Waals surface area contributed by atoms with Crippen molar-refractivity contribution in [2.24, 2.45) is 11.8 Å². The summed E-state index contributed by atoms with van der Waals surface area (Å²) in [6, 6.07) is 0. The SMILES string of the molecule is Cc1c(C)c2c(c(C)c1OCCOCCOCCOCC(CO)OP(=O)(O)O)CCC(C)(CCCCCCCC(C)CCCC(C)C)O2. The highest BCUT2D eigenvalue weighted by molar-refractivity contribution is 7.46. The van der Waals surface area contributed by atoms with Crippen LogP contribution in [0.5, 0.6) is 11.5 Å². The second kappa shape index (κ2) is 22.6. The molecule has 11 heteroatoms. The van der Waals surface area contributed by atoms with Gasteiger partial charge < -0.3 is 38.6 Å². The van der Waals surface area contributed by atoms with E-state index in [4.69, 9.17) is 38.6 Å². The third kappa shape index (κ3) is 16.7. The lowest BCUT2D eigenvalue weighted by atomic mass is 9.84. The van der Waals surface area contributed by atoms with Crippen LogP contribution in [0.1, 0.15) is 121 Å². The summed E-state index contributed by atoms with van der Waals surface area (Å²) in [5.74, 6) is 3.66. The second-order valence-electron chi connectivity index (χ2n) is 14.3. The molecule has 280 valence electrons. The highest BCUT2D eigenvalue weighted by Crippen LogP contribution is 2.45. The maximum atomic E-state index is 10.8. The number of hydrogen-bond donors (Lipinski definition) is 3. The van der Waals surface area contributed by atoms with Crippen molar-refractivity contribution in [2.75, 3.05) is 52.9 Å². The summed E-state index contributed by atoms with van der Waals surface area (Å²) in [4.78, 5) is 17.6. The Bertz CT molecular complexity index is 1090. The van der Waals surface area contributed by atoms with Gasteiger partial charge in [-0.05, 0) is 81.9 Å². The van der Waals surface area contributed by atoms with Crippen molar-refractivity contribution < 1.29 is 47.7 Å². The van der Waals surface area contributed by atoms with Gasteiger partial charge >= 0.3 is 7.82 Å². The van der Waals surface area contributed by atoms with E-state index in [1.807, 2.05) is 0 Å². The van der Waals surface area contributed by atoms with Crippen molar-refractivity contribution in [3.05, 3.63) is 22.3 Å². The molecule has 0 aliphatic carbocycles. The Kier molecular flexibility index (Phi) is 20.2. The van der Waals surface area contributed by atoms with Gasteiger partial charge in [-0.1, -0.05) is 72.1 Å². The first kappa shape index (κ1) is 42.9. The van der Waals surface area contributed by atoms with E-state index in [9.17, 15) is 4.57 Å². The van der Waals surface area contributed by atoms with E-state index in [1.165, 1.54) is 63.4 Å². The predicted molar refractivity (Wildman–Crippen MR) is 190 cm³/mol. The molecule has 3 atom stereocenters. The molecule has 1 aromatic rings. The highest BCUT2D eigenvalue weighted by Gasteiger charge is 2.34. The first-order valence-electron chi connectivity index (χ1n) is 18.3. The lowest BCUT2D eigenvalue weighted by Gasteiger charge is -2.38. The van der Waals surface area contributed by atoms with Crippen LogP contribution >= 0.6 is 7.82 Å². The quantitative estimate of drug-likeness (QED) is 0.0617. The molecule has 2 rings (SSSR count). The number of rotatable bonds is 27. The molecular formula is C37H67O10P. The molecule has 0 amide bonds. The standard InChI is InChI=1S/C37H67O10P/c1-28(2)14-13-16-29(3)15-11-9-8-10-12-18-37(7)19-17-34-32(6)35(30(4)31(5)36(34)46-37)45-25-24-43-21-20-42-22-23-44-27-33(26-38)47-48(39,40)41/h28-29,33,38H,8-27H2,1-7H3,(H2,39,40,41). The number of aliphatic hydroxyl groups is 1. The van der Waals surface area contributed by atoms with Crippen LogP contribution in [0.3, 0.4) is 0 Å². The van der Waals surface area contributed by atoms with E-state index < -0.39 is 20.5 Å². The molecule has 1 heterocycles. The Morgan fingerprint density at radius 2 is 1.40 bits per heavy atom. The monoisotopic (exact) mass is 702 g/mol. The Morgan fingerprint density at radius 3 is 2.04 bits per heavy atom. The van der Waals surface area contributed by atoms with Gasteiger partial charge in [0.15, 0.2) is 0 Å². The van der Waals surface area contributed by atoms with Crippen LogP contribution in [0, 0.1) is 32.6 Å². The summed E-state index contributed by atoms with van der Waals surface area (Å²) in [5.41, 5.74) is 4.59. The Morgan fingerprint density at radius 1 is 0.792 bits per heavy atom. The van der Waals surface area contributed by atoms with Gasteiger partial charge in [0.1, 0.15) is 29.8 Å². The van der Waals surface area contributed by atoms with Crippen molar-refractivity contribution in [3.8, 4) is 11.5 Å². The predicted octanol–water partition coefficient (Wildman–Crippen LogP) is 7.79. The first-order chi connectivity index (χ1) is 22.8. The fourth-order valence-electron chi connectivity index (χ4n) is 6.38. The van der Waals surface area contributed by atoms with Crippen molar-refractivity contribution in [2.45, 2.75) is 137 Å². The zero-order valence-corrected chi connectivity index (χ0v) is 31.9. The van der Waals surface area contributed by atoms with Crippen LogP contribution in [-0.4, -0.2) is 79.5 Å². The lowest BCUT2D eigenvalue weighted by molar-refractivity contribution is -0.0235. The smallest absolute Gasteiger partial charge is 0.470 e. The number of phosphoric ester groups is 1. The van der Waals surface area contributed by atoms with Crippen LogP contribution < -0.4 is 9.47 Å². The molecule has 1 aliphatic heterocycles. The van der Waals surface area contributed by atoms with E-state index in [-0.39, 0.29) is 25.4 Å². The molecule has 10 nitrogen and oxygen atoms in total. The molecule has 0 fully saturated rings. The maximum absolute atomic E-state index is 10.8. The molecule has 0 saturated heterocycles. The Hall–Kier alpha value is -1.23. The molecule has 3 unspecified atom stereocenters. The van der Waals surface area contributed by atoms with Crippen molar-refractivity contribution in [3.63, 3.8) is 0 Å². The Labute approximate surface area is 290 Å². The molecule has 0 saturated carbocycles. The van der Waals surface area contributed by atoms with E-state index in [1.54, 1.807) is 0 Å². The minimum Gasteiger partial charge on any atom is -0.491 e. The van der Waals surface area contributed by atoms with Gasteiger partial charge in [-0.15, -0.1) is 0 Å². The fourth-order valence-corrected chi connectivity index (χ4v) is 6.90. The van der Waals surface area contributed by atoms with Crippen LogP contribution in [0.15, 0.2) is 0 Å². The first-order valence-corrected chi connectivity index (χ1v) is 19.8. The van der Waals surface area contributed by atoms with Gasteiger partial charge in [0, 0.05) is 5.56 Å². The van der Waals surface area contributed by atoms with E-state index >= 15 is 0 Å². The van der Waals surface area contributed by atoms with Gasteiger partial charge in [-0.2, -0.15) is 0 Å². The molecule has 48 heavy (non-hydrogen) atoms. The fraction of sp³-hybridized carbons (Fsp3) is 0.838. The third-order valence-corrected chi connectivity index (χ3v) is 10.0. The summed E-state index contributed by atoms with van der Waals surface area (Å²) in [7, 11) is -4.67. The number of ether oxygens (including phenoxy) is 5. The molecule has 1 aliphatic rings. The molecular weight excluding hydrogens is 635 g/mol. The number of fused-ring (bicyclic) bond motifs is 1.